The van der Waals surface area contributed by atoms with E-state index in [4.69, 9.17) is 5.26 Å². The standard InChI is InChI=1S/C8H11N5O/c1-6(3-9)4-10-8(14)7-5-11-13(2)12-7/h5-6H,4H2,1-2H3,(H,10,14). The van der Waals surface area contributed by atoms with Crippen LogP contribution in [0.1, 0.15) is 17.4 Å². The number of hydrogen-bond donors (Lipinski definition) is 1. The molecule has 6 nitrogen and oxygen atoms in total. The number of hydrogen-bond acceptors (Lipinski definition) is 4. The highest BCUT2D eigenvalue weighted by atomic mass is 16.2. The third-order valence-electron chi connectivity index (χ3n) is 1.62. The minimum Gasteiger partial charge on any atom is -0.349 e. The van der Waals surface area contributed by atoms with Gasteiger partial charge in [-0.3, -0.25) is 4.79 Å². The Balaban J connectivity index is 2.48. The topological polar surface area (TPSA) is 83.6 Å². The maximum atomic E-state index is 11.3. The van der Waals surface area contributed by atoms with Crippen molar-refractivity contribution in [3.63, 3.8) is 0 Å². The van der Waals surface area contributed by atoms with Gasteiger partial charge >= 0.3 is 0 Å². The molecule has 14 heavy (non-hydrogen) atoms. The molecule has 0 aliphatic rings. The second-order valence-electron chi connectivity index (χ2n) is 2.96. The molecular weight excluding hydrogens is 182 g/mol. The van der Waals surface area contributed by atoms with Crippen LogP contribution < -0.4 is 5.32 Å². The Morgan fingerprint density at radius 1 is 1.86 bits per heavy atom. The second-order valence-corrected chi connectivity index (χ2v) is 2.96. The maximum absolute atomic E-state index is 11.3. The first-order valence-electron chi connectivity index (χ1n) is 4.17. The molecule has 1 unspecified atom stereocenters. The van der Waals surface area contributed by atoms with E-state index in [1.807, 2.05) is 6.07 Å². The molecule has 0 bridgehead atoms. The number of nitriles is 1. The predicted molar refractivity (Wildman–Crippen MR) is 48.1 cm³/mol. The minimum atomic E-state index is -0.305. The molecule has 1 aromatic rings. The molecule has 0 aromatic carbocycles. The highest BCUT2D eigenvalue weighted by molar-refractivity contribution is 5.91. The molecule has 1 rings (SSSR count). The van der Waals surface area contributed by atoms with Gasteiger partial charge in [-0.25, -0.2) is 0 Å². The number of aromatic nitrogens is 3. The molecule has 6 heteroatoms. The first kappa shape index (κ1) is 10.2. The molecule has 0 aliphatic heterocycles. The Morgan fingerprint density at radius 3 is 3.07 bits per heavy atom. The molecule has 1 amide bonds. The van der Waals surface area contributed by atoms with Crippen LogP contribution in [0.15, 0.2) is 6.20 Å². The summed E-state index contributed by atoms with van der Waals surface area (Å²) in [6, 6.07) is 2.02. The molecule has 0 spiro atoms. The van der Waals surface area contributed by atoms with E-state index in [1.165, 1.54) is 11.0 Å². The van der Waals surface area contributed by atoms with Crippen molar-refractivity contribution in [1.29, 1.82) is 5.26 Å². The Bertz CT molecular complexity index is 364. The average Bonchev–Trinajstić information content (AvgIpc) is 2.60. The monoisotopic (exact) mass is 193 g/mol. The van der Waals surface area contributed by atoms with Gasteiger partial charge in [0.2, 0.25) is 0 Å². The van der Waals surface area contributed by atoms with Crippen molar-refractivity contribution in [1.82, 2.24) is 20.3 Å². The molecule has 1 aromatic heterocycles. The van der Waals surface area contributed by atoms with E-state index in [9.17, 15) is 4.79 Å². The van der Waals surface area contributed by atoms with Crippen LogP contribution >= 0.6 is 0 Å². The van der Waals surface area contributed by atoms with E-state index in [-0.39, 0.29) is 17.5 Å². The Morgan fingerprint density at radius 2 is 2.57 bits per heavy atom. The maximum Gasteiger partial charge on any atom is 0.273 e. The van der Waals surface area contributed by atoms with Gasteiger partial charge in [-0.05, 0) is 6.92 Å². The molecule has 0 aliphatic carbocycles. The number of aryl methyl sites for hydroxylation is 1. The first-order valence-corrected chi connectivity index (χ1v) is 4.17. The van der Waals surface area contributed by atoms with Gasteiger partial charge < -0.3 is 5.32 Å². The largest absolute Gasteiger partial charge is 0.349 e. The van der Waals surface area contributed by atoms with Crippen molar-refractivity contribution in [2.75, 3.05) is 6.54 Å². The molecule has 1 N–H and O–H groups in total. The fourth-order valence-electron chi connectivity index (χ4n) is 0.832. The number of carbonyl (C=O) groups excluding carboxylic acids is 1. The summed E-state index contributed by atoms with van der Waals surface area (Å²) < 4.78 is 0. The van der Waals surface area contributed by atoms with Crippen LogP contribution in [0.2, 0.25) is 0 Å². The first-order chi connectivity index (χ1) is 6.63. The summed E-state index contributed by atoms with van der Waals surface area (Å²) in [6.45, 7) is 2.06. The normalized spacial score (nSPS) is 11.8. The summed E-state index contributed by atoms with van der Waals surface area (Å²) in [4.78, 5) is 12.7. The number of carbonyl (C=O) groups is 1. The van der Waals surface area contributed by atoms with E-state index in [0.717, 1.165) is 0 Å². The summed E-state index contributed by atoms with van der Waals surface area (Å²) in [6.07, 6.45) is 1.38. The lowest BCUT2D eigenvalue weighted by molar-refractivity contribution is 0.0945. The van der Waals surface area contributed by atoms with Crippen LogP contribution in [0.25, 0.3) is 0 Å². The quantitative estimate of drug-likeness (QED) is 0.714. The van der Waals surface area contributed by atoms with E-state index >= 15 is 0 Å². The number of rotatable bonds is 3. The van der Waals surface area contributed by atoms with Crippen molar-refractivity contribution < 1.29 is 4.79 Å². The van der Waals surface area contributed by atoms with Gasteiger partial charge in [-0.2, -0.15) is 15.2 Å². The number of nitrogens with zero attached hydrogens (tertiary/aromatic N) is 4. The summed E-state index contributed by atoms with van der Waals surface area (Å²) >= 11 is 0. The molecule has 1 heterocycles. The van der Waals surface area contributed by atoms with Crippen molar-refractivity contribution in [2.45, 2.75) is 6.92 Å². The Hall–Kier alpha value is -1.90. The Kier molecular flexibility index (Phi) is 3.18. The smallest absolute Gasteiger partial charge is 0.273 e. The third-order valence-corrected chi connectivity index (χ3v) is 1.62. The lowest BCUT2D eigenvalue weighted by Gasteiger charge is -2.02. The van der Waals surface area contributed by atoms with Crippen LogP contribution in [0.4, 0.5) is 0 Å². The van der Waals surface area contributed by atoms with Crippen LogP contribution in [0, 0.1) is 17.2 Å². The molecule has 0 radical (unpaired) electrons. The van der Waals surface area contributed by atoms with Crippen molar-refractivity contribution in [2.24, 2.45) is 13.0 Å². The van der Waals surface area contributed by atoms with Crippen LogP contribution in [0.3, 0.4) is 0 Å². The van der Waals surface area contributed by atoms with Crippen LogP contribution in [-0.4, -0.2) is 27.4 Å². The third kappa shape index (κ3) is 2.55. The molecule has 74 valence electrons. The highest BCUT2D eigenvalue weighted by Gasteiger charge is 2.10. The lowest BCUT2D eigenvalue weighted by Crippen LogP contribution is -2.28. The molecule has 1 atom stereocenters. The molecule has 0 saturated carbocycles. The van der Waals surface area contributed by atoms with Gasteiger partial charge in [0, 0.05) is 13.6 Å². The fraction of sp³-hybridized carbons (Fsp3) is 0.500. The van der Waals surface area contributed by atoms with Gasteiger partial charge in [-0.1, -0.05) is 0 Å². The zero-order valence-electron chi connectivity index (χ0n) is 8.06. The minimum absolute atomic E-state index is 0.198. The highest BCUT2D eigenvalue weighted by Crippen LogP contribution is 1.92. The molecule has 0 saturated heterocycles. The number of amides is 1. The van der Waals surface area contributed by atoms with Gasteiger partial charge in [-0.15, -0.1) is 5.10 Å². The van der Waals surface area contributed by atoms with Gasteiger partial charge in [0.25, 0.3) is 5.91 Å². The van der Waals surface area contributed by atoms with E-state index < -0.39 is 0 Å². The average molecular weight is 193 g/mol. The van der Waals surface area contributed by atoms with E-state index in [1.54, 1.807) is 14.0 Å². The Labute approximate surface area is 81.5 Å². The summed E-state index contributed by atoms with van der Waals surface area (Å²) in [5, 5.41) is 18.7. The second kappa shape index (κ2) is 4.37. The molecular formula is C8H11N5O. The zero-order valence-corrected chi connectivity index (χ0v) is 8.06. The SMILES string of the molecule is CC(C#N)CNC(=O)c1cnn(C)n1. The van der Waals surface area contributed by atoms with Crippen LogP contribution in [0.5, 0.6) is 0 Å². The van der Waals surface area contributed by atoms with Crippen LogP contribution in [-0.2, 0) is 7.05 Å². The van der Waals surface area contributed by atoms with Crippen molar-refractivity contribution >= 4 is 5.91 Å². The lowest BCUT2D eigenvalue weighted by atomic mass is 10.2. The molecule has 0 fully saturated rings. The fourth-order valence-corrected chi connectivity index (χ4v) is 0.832. The van der Waals surface area contributed by atoms with Gasteiger partial charge in [0.15, 0.2) is 5.69 Å². The van der Waals surface area contributed by atoms with Crippen molar-refractivity contribution in [3.8, 4) is 6.07 Å². The summed E-state index contributed by atoms with van der Waals surface area (Å²) in [7, 11) is 1.63. The van der Waals surface area contributed by atoms with Crippen molar-refractivity contribution in [3.05, 3.63) is 11.9 Å². The summed E-state index contributed by atoms with van der Waals surface area (Å²) in [5.74, 6) is -0.504. The summed E-state index contributed by atoms with van der Waals surface area (Å²) in [5.41, 5.74) is 0.262. The number of nitrogens with one attached hydrogen (secondary N) is 1. The zero-order chi connectivity index (χ0) is 10.6. The van der Waals surface area contributed by atoms with Gasteiger partial charge in [0.05, 0.1) is 18.2 Å². The van der Waals surface area contributed by atoms with E-state index in [0.29, 0.717) is 6.54 Å². The van der Waals surface area contributed by atoms with E-state index in [2.05, 4.69) is 15.5 Å². The predicted octanol–water partition coefficient (Wildman–Crippen LogP) is -0.295. The van der Waals surface area contributed by atoms with Gasteiger partial charge in [0.1, 0.15) is 0 Å².